The molecule has 0 aromatic rings. The van der Waals surface area contributed by atoms with Gasteiger partial charge in [0, 0.05) is 71.2 Å². The maximum Gasteiger partial charge on any atom is 0.220 e. The number of likely N-dealkylation sites (N-methyl/N-ethyl adjacent to an activating group) is 1. The summed E-state index contributed by atoms with van der Waals surface area (Å²) < 4.78 is 0. The smallest absolute Gasteiger partial charge is 0.220 e. The van der Waals surface area contributed by atoms with Crippen molar-refractivity contribution in [2.24, 2.45) is 17.2 Å². The third-order valence-corrected chi connectivity index (χ3v) is 3.64. The fourth-order valence-corrected chi connectivity index (χ4v) is 1.71. The first-order valence-electron chi connectivity index (χ1n) is 10.8. The molecule has 0 aliphatic heterocycles. The van der Waals surface area contributed by atoms with Crippen molar-refractivity contribution in [2.75, 3.05) is 59.4 Å². The zero-order valence-corrected chi connectivity index (χ0v) is 19.3. The van der Waals surface area contributed by atoms with Crippen LogP contribution in [0.2, 0.25) is 0 Å². The molecule has 0 fully saturated rings. The summed E-state index contributed by atoms with van der Waals surface area (Å²) >= 11 is 0. The zero-order valence-electron chi connectivity index (χ0n) is 19.3. The second-order valence-corrected chi connectivity index (χ2v) is 6.83. The zero-order chi connectivity index (χ0) is 22.8. The highest BCUT2D eigenvalue weighted by Gasteiger charge is 2.00. The molecule has 0 aromatic heterocycles. The Bertz CT molecular complexity index is 339. The highest BCUT2D eigenvalue weighted by atomic mass is 16.1. The van der Waals surface area contributed by atoms with E-state index in [1.807, 2.05) is 14.0 Å². The van der Waals surface area contributed by atoms with Gasteiger partial charge in [-0.25, -0.2) is 0 Å². The number of nitrogens with one attached hydrogen (secondary N) is 4. The summed E-state index contributed by atoms with van der Waals surface area (Å²) in [5, 5.41) is 12.1. The molecule has 0 saturated heterocycles. The predicted octanol–water partition coefficient (Wildman–Crippen LogP) is -0.702. The minimum absolute atomic E-state index is 0.0731. The van der Waals surface area contributed by atoms with Gasteiger partial charge in [-0.05, 0) is 40.2 Å². The summed E-state index contributed by atoms with van der Waals surface area (Å²) in [4.78, 5) is 22.0. The van der Waals surface area contributed by atoms with Gasteiger partial charge in [0.2, 0.25) is 5.91 Å². The van der Waals surface area contributed by atoms with Crippen LogP contribution in [0.4, 0.5) is 0 Å². The van der Waals surface area contributed by atoms with E-state index >= 15 is 0 Å². The van der Waals surface area contributed by atoms with Crippen LogP contribution in [-0.2, 0) is 9.59 Å². The average molecular weight is 420 g/mol. The van der Waals surface area contributed by atoms with Crippen LogP contribution >= 0.6 is 0 Å². The quantitative estimate of drug-likeness (QED) is 0.162. The van der Waals surface area contributed by atoms with Crippen LogP contribution in [0, 0.1) is 0 Å². The molecule has 0 spiro atoms. The summed E-state index contributed by atoms with van der Waals surface area (Å²) in [7, 11) is 1.91. The Morgan fingerprint density at radius 3 is 1.79 bits per heavy atom. The van der Waals surface area contributed by atoms with Gasteiger partial charge in [0.25, 0.3) is 0 Å². The molecule has 0 aromatic carbocycles. The maximum absolute atomic E-state index is 11.3. The summed E-state index contributed by atoms with van der Waals surface area (Å²) in [5.74, 6) is 0.267. The molecular weight excluding hydrogens is 370 g/mol. The lowest BCUT2D eigenvalue weighted by Gasteiger charge is -2.06. The maximum atomic E-state index is 11.3. The Balaban J connectivity index is -0.000000461. The van der Waals surface area contributed by atoms with Gasteiger partial charge in [0.15, 0.2) is 0 Å². The highest BCUT2D eigenvalue weighted by molar-refractivity contribution is 5.76. The second kappa shape index (κ2) is 29.1. The number of Topliss-reactive ketones (excluding diaryl/α,β-unsaturated/α-hetero) is 1. The van der Waals surface area contributed by atoms with Crippen molar-refractivity contribution in [1.29, 1.82) is 0 Å². The number of rotatable bonds is 16. The normalized spacial score (nSPS) is 10.9. The van der Waals surface area contributed by atoms with Crippen LogP contribution in [-0.4, -0.2) is 77.1 Å². The van der Waals surface area contributed by atoms with Crippen molar-refractivity contribution in [2.45, 2.75) is 58.9 Å². The molecule has 0 aliphatic rings. The molecule has 9 heteroatoms. The Morgan fingerprint density at radius 2 is 1.34 bits per heavy atom. The molecule has 0 aliphatic carbocycles. The van der Waals surface area contributed by atoms with Crippen molar-refractivity contribution in [3.05, 3.63) is 0 Å². The fraction of sp³-hybridized carbons (Fsp3) is 0.900. The number of amides is 1. The molecule has 10 N–H and O–H groups in total. The first-order chi connectivity index (χ1) is 13.8. The monoisotopic (exact) mass is 419 g/mol. The minimum Gasteiger partial charge on any atom is -0.355 e. The molecule has 1 unspecified atom stereocenters. The van der Waals surface area contributed by atoms with Gasteiger partial charge in [0.1, 0.15) is 5.78 Å². The van der Waals surface area contributed by atoms with E-state index in [9.17, 15) is 9.59 Å². The average Bonchev–Trinajstić information content (AvgIpc) is 2.69. The van der Waals surface area contributed by atoms with Crippen LogP contribution in [0.3, 0.4) is 0 Å². The molecule has 9 nitrogen and oxygen atoms in total. The fourth-order valence-electron chi connectivity index (χ4n) is 1.71. The van der Waals surface area contributed by atoms with Gasteiger partial charge in [-0.3, -0.25) is 4.79 Å². The van der Waals surface area contributed by atoms with E-state index in [2.05, 4.69) is 28.2 Å². The van der Waals surface area contributed by atoms with Crippen LogP contribution in [0.1, 0.15) is 52.9 Å². The first kappa shape index (κ1) is 32.6. The standard InChI is InChI=1S/C12H25N3O2.C4H13N3.C4H11N/c1-11(16)5-3-4-6-12(17)15-10-9-14-8-7-13-2;5-1-3-7-4-2-6;1-3-4(2)5/h13-14H,3-10H2,1-2H3,(H,15,17);7H,1-6H2;4H,3,5H2,1-2H3. The molecule has 1 amide bonds. The van der Waals surface area contributed by atoms with Gasteiger partial charge in [0.05, 0.1) is 0 Å². The molecule has 0 radical (unpaired) electrons. The van der Waals surface area contributed by atoms with E-state index in [4.69, 9.17) is 17.2 Å². The summed E-state index contributed by atoms with van der Waals surface area (Å²) in [6.07, 6.45) is 3.78. The Labute approximate surface area is 178 Å². The van der Waals surface area contributed by atoms with E-state index in [1.165, 1.54) is 0 Å². The molecule has 1 atom stereocenters. The Kier molecular flexibility index (Phi) is 32.7. The van der Waals surface area contributed by atoms with E-state index in [0.29, 0.717) is 38.5 Å². The molecule has 0 rings (SSSR count). The van der Waals surface area contributed by atoms with Crippen molar-refractivity contribution in [1.82, 2.24) is 21.3 Å². The van der Waals surface area contributed by atoms with Gasteiger partial charge in [-0.1, -0.05) is 6.92 Å². The van der Waals surface area contributed by atoms with Crippen LogP contribution in [0.5, 0.6) is 0 Å². The number of unbranched alkanes of at least 4 members (excludes halogenated alkanes) is 1. The number of hydrogen-bond donors (Lipinski definition) is 7. The SMILES string of the molecule is CCC(C)N.CNCCNCCNC(=O)CCCCC(C)=O.NCCNCCN. The lowest BCUT2D eigenvalue weighted by atomic mass is 10.1. The number of nitrogens with two attached hydrogens (primary N) is 3. The third kappa shape index (κ3) is 42.1. The Morgan fingerprint density at radius 1 is 0.862 bits per heavy atom. The molecule has 0 saturated carbocycles. The Hall–Kier alpha value is -1.10. The minimum atomic E-state index is 0.0731. The van der Waals surface area contributed by atoms with Gasteiger partial charge < -0.3 is 43.3 Å². The van der Waals surface area contributed by atoms with E-state index < -0.39 is 0 Å². The van der Waals surface area contributed by atoms with Crippen LogP contribution in [0.25, 0.3) is 0 Å². The molecule has 29 heavy (non-hydrogen) atoms. The van der Waals surface area contributed by atoms with Crippen LogP contribution < -0.4 is 38.5 Å². The van der Waals surface area contributed by atoms with Crippen molar-refractivity contribution in [3.8, 4) is 0 Å². The molecular formula is C20H49N7O2. The number of hydrogen-bond acceptors (Lipinski definition) is 8. The predicted molar refractivity (Wildman–Crippen MR) is 124 cm³/mol. The summed E-state index contributed by atoms with van der Waals surface area (Å²) in [6.45, 7) is 12.1. The molecule has 0 heterocycles. The first-order valence-corrected chi connectivity index (χ1v) is 10.8. The van der Waals surface area contributed by atoms with E-state index in [1.54, 1.807) is 6.92 Å². The highest BCUT2D eigenvalue weighted by Crippen LogP contribution is 1.99. The number of ketones is 1. The van der Waals surface area contributed by atoms with Gasteiger partial charge in [-0.15, -0.1) is 0 Å². The lowest BCUT2D eigenvalue weighted by Crippen LogP contribution is -2.34. The van der Waals surface area contributed by atoms with Gasteiger partial charge in [-0.2, -0.15) is 0 Å². The summed E-state index contributed by atoms with van der Waals surface area (Å²) in [6, 6.07) is 0.384. The second-order valence-electron chi connectivity index (χ2n) is 6.83. The van der Waals surface area contributed by atoms with Crippen molar-refractivity contribution < 1.29 is 9.59 Å². The van der Waals surface area contributed by atoms with Gasteiger partial charge >= 0.3 is 0 Å². The number of carbonyl (C=O) groups is 2. The lowest BCUT2D eigenvalue weighted by molar-refractivity contribution is -0.121. The van der Waals surface area contributed by atoms with E-state index in [0.717, 1.165) is 52.0 Å². The topological polar surface area (TPSA) is 160 Å². The van der Waals surface area contributed by atoms with E-state index in [-0.39, 0.29) is 11.7 Å². The molecule has 0 bridgehead atoms. The van der Waals surface area contributed by atoms with Crippen LogP contribution in [0.15, 0.2) is 0 Å². The van der Waals surface area contributed by atoms with Crippen molar-refractivity contribution in [3.63, 3.8) is 0 Å². The number of carbonyl (C=O) groups excluding carboxylic acids is 2. The van der Waals surface area contributed by atoms with Crippen molar-refractivity contribution >= 4 is 11.7 Å². The third-order valence-electron chi connectivity index (χ3n) is 3.64. The largest absolute Gasteiger partial charge is 0.355 e. The molecule has 176 valence electrons. The summed E-state index contributed by atoms with van der Waals surface area (Å²) in [5.41, 5.74) is 15.6.